The van der Waals surface area contributed by atoms with E-state index >= 15 is 0 Å². The van der Waals surface area contributed by atoms with Crippen molar-refractivity contribution in [2.75, 3.05) is 0 Å². The van der Waals surface area contributed by atoms with Crippen molar-refractivity contribution < 1.29 is 18.3 Å². The van der Waals surface area contributed by atoms with Crippen LogP contribution in [0.2, 0.25) is 0 Å². The molecule has 9 heteroatoms. The Kier molecular flexibility index (Phi) is 5.01. The lowest BCUT2D eigenvalue weighted by Gasteiger charge is -2.20. The van der Waals surface area contributed by atoms with Gasteiger partial charge in [0.2, 0.25) is 10.0 Å². The number of hydrogen-bond donors (Lipinski definition) is 3. The number of aliphatic carboxylic acids is 1. The normalized spacial score (nSPS) is 13.0. The standard InChI is InChI=1S/C17H18N4O4S/c1-2-11-5-3-4-6-13(11)15(10-17(22)23)20-26(24,25)12-7-8-14-16(9-12)19-21-18-14/h3-9,15,20H,2,10H2,1H3,(H,22,23)(H,18,19,21). The predicted molar refractivity (Wildman–Crippen MR) is 95.0 cm³/mol. The number of carboxylic acids is 1. The van der Waals surface area contributed by atoms with E-state index in [9.17, 15) is 18.3 Å². The molecule has 3 aromatic rings. The number of sulfonamides is 1. The van der Waals surface area contributed by atoms with Gasteiger partial charge in [-0.25, -0.2) is 13.1 Å². The summed E-state index contributed by atoms with van der Waals surface area (Å²) < 4.78 is 28.1. The van der Waals surface area contributed by atoms with Gasteiger partial charge in [0.1, 0.15) is 11.0 Å². The van der Waals surface area contributed by atoms with Gasteiger partial charge in [-0.05, 0) is 35.7 Å². The van der Waals surface area contributed by atoms with Gasteiger partial charge in [-0.15, -0.1) is 0 Å². The monoisotopic (exact) mass is 374 g/mol. The van der Waals surface area contributed by atoms with E-state index in [1.165, 1.54) is 12.1 Å². The second-order valence-corrected chi connectivity index (χ2v) is 7.51. The Balaban J connectivity index is 1.98. The Morgan fingerprint density at radius 2 is 1.92 bits per heavy atom. The molecule has 1 heterocycles. The molecule has 0 radical (unpaired) electrons. The van der Waals surface area contributed by atoms with Gasteiger partial charge >= 0.3 is 5.97 Å². The fourth-order valence-corrected chi connectivity index (χ4v) is 4.06. The summed E-state index contributed by atoms with van der Waals surface area (Å²) in [7, 11) is -3.94. The molecule has 3 N–H and O–H groups in total. The number of carbonyl (C=O) groups is 1. The molecule has 0 aliphatic heterocycles. The highest BCUT2D eigenvalue weighted by molar-refractivity contribution is 7.89. The van der Waals surface area contributed by atoms with E-state index < -0.39 is 22.0 Å². The van der Waals surface area contributed by atoms with E-state index in [0.29, 0.717) is 23.0 Å². The lowest BCUT2D eigenvalue weighted by Crippen LogP contribution is -2.31. The van der Waals surface area contributed by atoms with Crippen molar-refractivity contribution >= 4 is 27.0 Å². The minimum absolute atomic E-state index is 0.00303. The van der Waals surface area contributed by atoms with Crippen molar-refractivity contribution in [2.24, 2.45) is 0 Å². The maximum atomic E-state index is 12.8. The third-order valence-electron chi connectivity index (χ3n) is 4.09. The largest absolute Gasteiger partial charge is 0.481 e. The van der Waals surface area contributed by atoms with Crippen molar-refractivity contribution in [1.29, 1.82) is 0 Å². The first-order valence-electron chi connectivity index (χ1n) is 8.03. The molecule has 3 rings (SSSR count). The van der Waals surface area contributed by atoms with Crippen molar-refractivity contribution in [3.05, 3.63) is 53.6 Å². The number of fused-ring (bicyclic) bond motifs is 1. The van der Waals surface area contributed by atoms with Gasteiger partial charge in [-0.2, -0.15) is 15.4 Å². The van der Waals surface area contributed by atoms with E-state index in [4.69, 9.17) is 0 Å². The molecule has 8 nitrogen and oxygen atoms in total. The molecule has 26 heavy (non-hydrogen) atoms. The zero-order valence-electron chi connectivity index (χ0n) is 14.0. The summed E-state index contributed by atoms with van der Waals surface area (Å²) in [4.78, 5) is 11.3. The van der Waals surface area contributed by atoms with Gasteiger partial charge in [0.15, 0.2) is 0 Å². The number of rotatable bonds is 7. The molecule has 0 saturated carbocycles. The highest BCUT2D eigenvalue weighted by Crippen LogP contribution is 2.25. The number of carboxylic acid groups (broad SMARTS) is 1. The molecule has 0 spiro atoms. The fraction of sp³-hybridized carbons (Fsp3) is 0.235. The highest BCUT2D eigenvalue weighted by Gasteiger charge is 2.25. The van der Waals surface area contributed by atoms with Crippen molar-refractivity contribution in [2.45, 2.75) is 30.7 Å². The quantitative estimate of drug-likeness (QED) is 0.581. The van der Waals surface area contributed by atoms with Crippen molar-refractivity contribution in [1.82, 2.24) is 20.1 Å². The highest BCUT2D eigenvalue weighted by atomic mass is 32.2. The first-order chi connectivity index (χ1) is 12.4. The zero-order chi connectivity index (χ0) is 18.7. The molecule has 0 saturated heterocycles. The first-order valence-corrected chi connectivity index (χ1v) is 9.51. The van der Waals surface area contributed by atoms with Gasteiger partial charge in [0.05, 0.1) is 17.4 Å². The summed E-state index contributed by atoms with van der Waals surface area (Å²) >= 11 is 0. The van der Waals surface area contributed by atoms with E-state index in [1.54, 1.807) is 18.2 Å². The Morgan fingerprint density at radius 1 is 1.19 bits per heavy atom. The van der Waals surface area contributed by atoms with Gasteiger partial charge in [-0.1, -0.05) is 31.2 Å². The SMILES string of the molecule is CCc1ccccc1C(CC(=O)O)NS(=O)(=O)c1ccc2n[nH]nc2c1. The third kappa shape index (κ3) is 3.73. The Morgan fingerprint density at radius 3 is 2.65 bits per heavy atom. The fourth-order valence-electron chi connectivity index (χ4n) is 2.83. The molecule has 0 amide bonds. The maximum absolute atomic E-state index is 12.8. The average Bonchev–Trinajstić information content (AvgIpc) is 3.08. The van der Waals surface area contributed by atoms with E-state index in [2.05, 4.69) is 20.1 Å². The van der Waals surface area contributed by atoms with E-state index in [-0.39, 0.29) is 11.3 Å². The minimum atomic E-state index is -3.94. The van der Waals surface area contributed by atoms with Crippen LogP contribution in [0.3, 0.4) is 0 Å². The molecule has 0 aliphatic rings. The number of nitrogens with zero attached hydrogens (tertiary/aromatic N) is 2. The lowest BCUT2D eigenvalue weighted by molar-refractivity contribution is -0.137. The lowest BCUT2D eigenvalue weighted by atomic mass is 9.97. The van der Waals surface area contributed by atoms with Crippen molar-refractivity contribution in [3.63, 3.8) is 0 Å². The topological polar surface area (TPSA) is 125 Å². The minimum Gasteiger partial charge on any atom is -0.481 e. The summed E-state index contributed by atoms with van der Waals surface area (Å²) in [5.74, 6) is -1.09. The Hall–Kier alpha value is -2.78. The zero-order valence-corrected chi connectivity index (χ0v) is 14.8. The number of aromatic amines is 1. The number of aromatic nitrogens is 3. The Labute approximate surface area is 150 Å². The summed E-state index contributed by atoms with van der Waals surface area (Å²) in [6, 6.07) is 10.7. The number of nitrogens with one attached hydrogen (secondary N) is 2. The summed E-state index contributed by atoms with van der Waals surface area (Å²) in [6.45, 7) is 1.93. The number of aryl methyl sites for hydroxylation is 1. The molecular formula is C17H18N4O4S. The molecular weight excluding hydrogens is 356 g/mol. The van der Waals surface area contributed by atoms with Crippen LogP contribution in [0.5, 0.6) is 0 Å². The van der Waals surface area contributed by atoms with Crippen LogP contribution in [0.25, 0.3) is 11.0 Å². The number of hydrogen-bond acceptors (Lipinski definition) is 5. The summed E-state index contributed by atoms with van der Waals surface area (Å²) in [5.41, 5.74) is 2.51. The first kappa shape index (κ1) is 18.0. The van der Waals surface area contributed by atoms with Crippen LogP contribution in [0.1, 0.15) is 30.5 Å². The van der Waals surface area contributed by atoms with Crippen molar-refractivity contribution in [3.8, 4) is 0 Å². The van der Waals surface area contributed by atoms with Crippen LogP contribution in [0.15, 0.2) is 47.4 Å². The van der Waals surface area contributed by atoms with Gasteiger partial charge in [-0.3, -0.25) is 4.79 Å². The molecule has 1 unspecified atom stereocenters. The second kappa shape index (κ2) is 7.22. The molecule has 0 bridgehead atoms. The summed E-state index contributed by atoms with van der Waals surface area (Å²) in [5, 5.41) is 19.4. The van der Waals surface area contributed by atoms with Crippen LogP contribution in [0.4, 0.5) is 0 Å². The Bertz CT molecular complexity index is 1050. The number of H-pyrrole nitrogens is 1. The van der Waals surface area contributed by atoms with Crippen LogP contribution < -0.4 is 4.72 Å². The van der Waals surface area contributed by atoms with Gasteiger partial charge in [0, 0.05) is 0 Å². The molecule has 0 fully saturated rings. The molecule has 2 aromatic carbocycles. The smallest absolute Gasteiger partial charge is 0.305 e. The molecule has 0 aliphatic carbocycles. The van der Waals surface area contributed by atoms with Gasteiger partial charge in [0.25, 0.3) is 0 Å². The maximum Gasteiger partial charge on any atom is 0.305 e. The predicted octanol–water partition coefficient (Wildman–Crippen LogP) is 2.01. The van der Waals surface area contributed by atoms with E-state index in [0.717, 1.165) is 5.56 Å². The molecule has 1 aromatic heterocycles. The van der Waals surface area contributed by atoms with E-state index in [1.807, 2.05) is 19.1 Å². The van der Waals surface area contributed by atoms with Crippen LogP contribution in [-0.2, 0) is 21.2 Å². The summed E-state index contributed by atoms with van der Waals surface area (Å²) in [6.07, 6.45) is 0.307. The molecule has 136 valence electrons. The second-order valence-electron chi connectivity index (χ2n) is 5.80. The average molecular weight is 374 g/mol. The van der Waals surface area contributed by atoms with Crippen LogP contribution in [-0.4, -0.2) is 34.9 Å². The third-order valence-corrected chi connectivity index (χ3v) is 5.56. The van der Waals surface area contributed by atoms with Crippen LogP contribution >= 0.6 is 0 Å². The number of benzene rings is 2. The molecule has 1 atom stereocenters. The van der Waals surface area contributed by atoms with Crippen LogP contribution in [0, 0.1) is 0 Å². The van der Waals surface area contributed by atoms with Gasteiger partial charge < -0.3 is 5.11 Å².